The average Bonchev–Trinajstić information content (AvgIpc) is 2.57. The molecule has 3 nitrogen and oxygen atoms in total. The van der Waals surface area contributed by atoms with Gasteiger partial charge in [-0.25, -0.2) is 0 Å². The van der Waals surface area contributed by atoms with Gasteiger partial charge >= 0.3 is 0 Å². The summed E-state index contributed by atoms with van der Waals surface area (Å²) in [5.41, 5.74) is 0. The lowest BCUT2D eigenvalue weighted by Gasteiger charge is -2.16. The summed E-state index contributed by atoms with van der Waals surface area (Å²) in [6, 6.07) is 0.368. The zero-order valence-corrected chi connectivity index (χ0v) is 8.05. The van der Waals surface area contributed by atoms with Crippen LogP contribution < -0.4 is 5.32 Å². The first-order chi connectivity index (χ1) is 6.24. The van der Waals surface area contributed by atoms with Gasteiger partial charge in [0.25, 0.3) is 0 Å². The molecule has 1 saturated heterocycles. The highest BCUT2D eigenvalue weighted by Crippen LogP contribution is 2.09. The van der Waals surface area contributed by atoms with Crippen molar-refractivity contribution in [3.63, 3.8) is 0 Å². The van der Waals surface area contributed by atoms with Crippen molar-refractivity contribution in [1.82, 2.24) is 10.2 Å². The summed E-state index contributed by atoms with van der Waals surface area (Å²) in [7, 11) is 1.75. The number of terminal acetylenes is 1. The number of hydrogen-bond donors (Lipinski definition) is 1. The number of hydrogen-bond acceptors (Lipinski definition) is 2. The van der Waals surface area contributed by atoms with E-state index in [1.807, 2.05) is 0 Å². The van der Waals surface area contributed by atoms with Gasteiger partial charge in [0.15, 0.2) is 0 Å². The van der Waals surface area contributed by atoms with Crippen LogP contribution in [-0.4, -0.2) is 37.0 Å². The highest BCUT2D eigenvalue weighted by atomic mass is 16.2. The molecule has 0 bridgehead atoms. The van der Waals surface area contributed by atoms with Crippen LogP contribution in [0, 0.1) is 12.3 Å². The quantitative estimate of drug-likeness (QED) is 0.630. The van der Waals surface area contributed by atoms with Crippen molar-refractivity contribution in [2.45, 2.75) is 25.3 Å². The number of carbonyl (C=O) groups excluding carboxylic acids is 1. The molecular weight excluding hydrogens is 164 g/mol. The molecule has 0 spiro atoms. The smallest absolute Gasteiger partial charge is 0.224 e. The van der Waals surface area contributed by atoms with Crippen molar-refractivity contribution in [1.29, 1.82) is 0 Å². The van der Waals surface area contributed by atoms with E-state index in [9.17, 15) is 4.79 Å². The van der Waals surface area contributed by atoms with Gasteiger partial charge in [-0.15, -0.1) is 6.42 Å². The summed E-state index contributed by atoms with van der Waals surface area (Å²) in [5, 5.41) is 3.29. The summed E-state index contributed by atoms with van der Waals surface area (Å²) >= 11 is 0. The van der Waals surface area contributed by atoms with E-state index in [0.29, 0.717) is 19.0 Å². The van der Waals surface area contributed by atoms with Gasteiger partial charge in [0.2, 0.25) is 5.91 Å². The second-order valence-corrected chi connectivity index (χ2v) is 3.45. The lowest BCUT2D eigenvalue weighted by Crippen LogP contribution is -2.33. The monoisotopic (exact) mass is 180 g/mol. The van der Waals surface area contributed by atoms with Gasteiger partial charge < -0.3 is 10.2 Å². The molecule has 0 saturated carbocycles. The van der Waals surface area contributed by atoms with E-state index in [0.717, 1.165) is 13.0 Å². The van der Waals surface area contributed by atoms with E-state index in [2.05, 4.69) is 11.2 Å². The van der Waals surface area contributed by atoms with E-state index in [4.69, 9.17) is 6.42 Å². The van der Waals surface area contributed by atoms with Crippen LogP contribution in [0.1, 0.15) is 19.3 Å². The van der Waals surface area contributed by atoms with Crippen molar-refractivity contribution in [2.75, 3.05) is 20.1 Å². The van der Waals surface area contributed by atoms with E-state index < -0.39 is 0 Å². The predicted octanol–water partition coefficient (Wildman–Crippen LogP) is 0.220. The van der Waals surface area contributed by atoms with Crippen LogP contribution in [0.25, 0.3) is 0 Å². The minimum Gasteiger partial charge on any atom is -0.335 e. The molecule has 1 atom stereocenters. The Morgan fingerprint density at radius 1 is 1.77 bits per heavy atom. The van der Waals surface area contributed by atoms with Gasteiger partial charge in [0.05, 0.1) is 6.54 Å². The number of rotatable bonds is 3. The van der Waals surface area contributed by atoms with Gasteiger partial charge in [-0.2, -0.15) is 0 Å². The molecule has 0 aromatic heterocycles. The van der Waals surface area contributed by atoms with Gasteiger partial charge in [-0.05, 0) is 19.4 Å². The first-order valence-corrected chi connectivity index (χ1v) is 4.65. The van der Waals surface area contributed by atoms with Gasteiger partial charge in [0.1, 0.15) is 0 Å². The van der Waals surface area contributed by atoms with Gasteiger partial charge in [-0.1, -0.05) is 5.92 Å². The summed E-state index contributed by atoms with van der Waals surface area (Å²) in [5.74, 6) is 2.59. The van der Waals surface area contributed by atoms with Gasteiger partial charge in [-0.3, -0.25) is 4.79 Å². The molecule has 0 aliphatic carbocycles. The molecule has 1 rings (SSSR count). The predicted molar refractivity (Wildman–Crippen MR) is 52.1 cm³/mol. The van der Waals surface area contributed by atoms with E-state index in [-0.39, 0.29) is 5.91 Å². The molecule has 3 heteroatoms. The molecule has 1 amide bonds. The van der Waals surface area contributed by atoms with Crippen LogP contribution in [0.15, 0.2) is 0 Å². The fourth-order valence-electron chi connectivity index (χ4n) is 1.52. The topological polar surface area (TPSA) is 32.3 Å². The first kappa shape index (κ1) is 10.1. The highest BCUT2D eigenvalue weighted by Gasteiger charge is 2.19. The molecular formula is C10H16N2O. The average molecular weight is 180 g/mol. The lowest BCUT2D eigenvalue weighted by molar-refractivity contribution is -0.129. The van der Waals surface area contributed by atoms with Crippen LogP contribution in [0.5, 0.6) is 0 Å². The largest absolute Gasteiger partial charge is 0.335 e. The maximum absolute atomic E-state index is 11.5. The number of carbonyl (C=O) groups is 1. The molecule has 0 radical (unpaired) electrons. The third-order valence-corrected chi connectivity index (χ3v) is 2.34. The molecule has 1 N–H and O–H groups in total. The molecule has 1 aliphatic heterocycles. The summed E-state index contributed by atoms with van der Waals surface area (Å²) < 4.78 is 0. The second kappa shape index (κ2) is 4.88. The fraction of sp³-hybridized carbons (Fsp3) is 0.700. The Morgan fingerprint density at radius 2 is 2.54 bits per heavy atom. The molecule has 0 aromatic carbocycles. The zero-order valence-electron chi connectivity index (χ0n) is 8.05. The van der Waals surface area contributed by atoms with Crippen molar-refractivity contribution < 1.29 is 4.79 Å². The molecule has 1 heterocycles. The standard InChI is InChI=1S/C10H16N2O/c1-3-7-12(2)10(13)8-9-5-4-6-11-9/h1,9,11H,4-8H2,2H3. The Hall–Kier alpha value is -1.01. The van der Waals surface area contributed by atoms with E-state index in [1.54, 1.807) is 11.9 Å². The third kappa shape index (κ3) is 3.08. The Kier molecular flexibility index (Phi) is 3.78. The Balaban J connectivity index is 2.27. The van der Waals surface area contributed by atoms with Crippen molar-refractivity contribution >= 4 is 5.91 Å². The van der Waals surface area contributed by atoms with Gasteiger partial charge in [0, 0.05) is 19.5 Å². The number of nitrogens with zero attached hydrogens (tertiary/aromatic N) is 1. The first-order valence-electron chi connectivity index (χ1n) is 4.65. The normalized spacial score (nSPS) is 21.1. The molecule has 13 heavy (non-hydrogen) atoms. The summed E-state index contributed by atoms with van der Waals surface area (Å²) in [4.78, 5) is 13.1. The maximum atomic E-state index is 11.5. The van der Waals surface area contributed by atoms with Crippen molar-refractivity contribution in [3.05, 3.63) is 0 Å². The van der Waals surface area contributed by atoms with Crippen molar-refractivity contribution in [3.8, 4) is 12.3 Å². The number of nitrogens with one attached hydrogen (secondary N) is 1. The molecule has 1 fully saturated rings. The van der Waals surface area contributed by atoms with Crippen LogP contribution in [0.3, 0.4) is 0 Å². The Labute approximate surface area is 79.5 Å². The van der Waals surface area contributed by atoms with Crippen LogP contribution >= 0.6 is 0 Å². The second-order valence-electron chi connectivity index (χ2n) is 3.45. The highest BCUT2D eigenvalue weighted by molar-refractivity contribution is 5.76. The minimum absolute atomic E-state index is 0.136. The minimum atomic E-state index is 0.136. The zero-order chi connectivity index (χ0) is 9.68. The van der Waals surface area contributed by atoms with E-state index in [1.165, 1.54) is 6.42 Å². The Morgan fingerprint density at radius 3 is 3.08 bits per heavy atom. The Bertz CT molecular complexity index is 213. The summed E-state index contributed by atoms with van der Waals surface area (Å²) in [6.07, 6.45) is 7.98. The van der Waals surface area contributed by atoms with E-state index >= 15 is 0 Å². The maximum Gasteiger partial charge on any atom is 0.224 e. The van der Waals surface area contributed by atoms with Crippen LogP contribution in [-0.2, 0) is 4.79 Å². The third-order valence-electron chi connectivity index (χ3n) is 2.34. The lowest BCUT2D eigenvalue weighted by atomic mass is 10.1. The molecule has 0 aromatic rings. The molecule has 1 aliphatic rings. The molecule has 1 unspecified atom stereocenters. The molecule has 72 valence electrons. The summed E-state index contributed by atoms with van der Waals surface area (Å²) in [6.45, 7) is 1.45. The van der Waals surface area contributed by atoms with Crippen LogP contribution in [0.2, 0.25) is 0 Å². The van der Waals surface area contributed by atoms with Crippen molar-refractivity contribution in [2.24, 2.45) is 0 Å². The fourth-order valence-corrected chi connectivity index (χ4v) is 1.52. The SMILES string of the molecule is C#CCN(C)C(=O)CC1CCCN1. The number of amides is 1. The van der Waals surface area contributed by atoms with Crippen LogP contribution in [0.4, 0.5) is 0 Å².